The Balaban J connectivity index is 1.89. The zero-order valence-electron chi connectivity index (χ0n) is 16.3. The van der Waals surface area contributed by atoms with Crippen LogP contribution in [0.3, 0.4) is 0 Å². The number of hydrogen-bond donors (Lipinski definition) is 1. The van der Waals surface area contributed by atoms with E-state index in [-0.39, 0.29) is 22.9 Å². The number of nitrogens with zero attached hydrogens (tertiary/aromatic N) is 2. The molecule has 0 radical (unpaired) electrons. The van der Waals surface area contributed by atoms with Crippen LogP contribution in [0.2, 0.25) is 0 Å². The molecule has 0 spiro atoms. The molecule has 8 heteroatoms. The molecule has 1 aliphatic rings. The summed E-state index contributed by atoms with van der Waals surface area (Å²) in [5.74, 6) is 0.769. The van der Waals surface area contributed by atoms with Crippen LogP contribution in [0.15, 0.2) is 18.3 Å². The summed E-state index contributed by atoms with van der Waals surface area (Å²) in [5.41, 5.74) is 0.0902. The third-order valence-corrected chi connectivity index (χ3v) is 4.79. The lowest BCUT2D eigenvalue weighted by Crippen LogP contribution is -2.56. The molecule has 2 unspecified atom stereocenters. The van der Waals surface area contributed by atoms with Crippen molar-refractivity contribution in [3.05, 3.63) is 23.9 Å². The first kappa shape index (κ1) is 21.5. The van der Waals surface area contributed by atoms with Gasteiger partial charge in [0.25, 0.3) is 5.91 Å². The Bertz CT molecular complexity index is 622. The number of alkyl halides is 3. The van der Waals surface area contributed by atoms with Crippen LogP contribution in [-0.2, 0) is 0 Å². The summed E-state index contributed by atoms with van der Waals surface area (Å²) in [4.78, 5) is 18.5. The highest BCUT2D eigenvalue weighted by atomic mass is 19.4. The monoisotopic (exact) mass is 387 g/mol. The molecule has 1 amide bonds. The number of carbonyl (C=O) groups excluding carboxylic acids is 1. The Hall–Kier alpha value is -1.83. The third kappa shape index (κ3) is 6.68. The largest absolute Gasteiger partial charge is 0.468 e. The number of nitrogens with one attached hydrogen (secondary N) is 1. The van der Waals surface area contributed by atoms with Crippen molar-refractivity contribution in [2.24, 2.45) is 11.8 Å². The van der Waals surface area contributed by atoms with Gasteiger partial charge in [-0.2, -0.15) is 13.2 Å². The van der Waals surface area contributed by atoms with E-state index in [0.29, 0.717) is 18.4 Å². The van der Waals surface area contributed by atoms with Gasteiger partial charge in [-0.15, -0.1) is 0 Å². The maximum Gasteiger partial charge on any atom is 0.422 e. The average Bonchev–Trinajstić information content (AvgIpc) is 2.57. The molecule has 1 N–H and O–H groups in total. The van der Waals surface area contributed by atoms with Gasteiger partial charge < -0.3 is 10.1 Å². The summed E-state index contributed by atoms with van der Waals surface area (Å²) in [7, 11) is 0. The van der Waals surface area contributed by atoms with E-state index >= 15 is 0 Å². The Morgan fingerprint density at radius 3 is 2.41 bits per heavy atom. The maximum atomic E-state index is 12.3. The van der Waals surface area contributed by atoms with Gasteiger partial charge in [0.1, 0.15) is 0 Å². The van der Waals surface area contributed by atoms with Crippen LogP contribution < -0.4 is 10.1 Å². The first-order chi connectivity index (χ1) is 12.5. The molecule has 0 bridgehead atoms. The summed E-state index contributed by atoms with van der Waals surface area (Å²) in [6.07, 6.45) is -1.99. The molecular weight excluding hydrogens is 359 g/mol. The van der Waals surface area contributed by atoms with Crippen molar-refractivity contribution < 1.29 is 22.7 Å². The molecule has 0 saturated carbocycles. The van der Waals surface area contributed by atoms with E-state index in [0.717, 1.165) is 13.1 Å². The fraction of sp³-hybridized carbons (Fsp3) is 0.684. The van der Waals surface area contributed by atoms with Crippen molar-refractivity contribution in [3.63, 3.8) is 0 Å². The summed E-state index contributed by atoms with van der Waals surface area (Å²) < 4.78 is 41.0. The number of hydrogen-bond acceptors (Lipinski definition) is 4. The fourth-order valence-corrected chi connectivity index (χ4v) is 3.42. The van der Waals surface area contributed by atoms with Gasteiger partial charge in [0.05, 0.1) is 5.56 Å². The maximum absolute atomic E-state index is 12.3. The normalized spacial score (nSPS) is 21.7. The van der Waals surface area contributed by atoms with Gasteiger partial charge in [-0.1, -0.05) is 13.8 Å². The van der Waals surface area contributed by atoms with E-state index in [1.807, 2.05) is 0 Å². The molecular formula is C19H28F3N3O2. The van der Waals surface area contributed by atoms with Crippen LogP contribution in [0, 0.1) is 11.8 Å². The fourth-order valence-electron chi connectivity index (χ4n) is 3.42. The SMILES string of the molecule is CC1CC(C)CN(C(C)(C)CNC(=O)c2ccc(OCC(F)(F)F)nc2)C1. The Morgan fingerprint density at radius 2 is 1.89 bits per heavy atom. The second kappa shape index (κ2) is 8.46. The van der Waals surface area contributed by atoms with Gasteiger partial charge in [0, 0.05) is 37.4 Å². The highest BCUT2D eigenvalue weighted by molar-refractivity contribution is 5.93. The van der Waals surface area contributed by atoms with Gasteiger partial charge in [-0.05, 0) is 38.2 Å². The molecule has 2 rings (SSSR count). The smallest absolute Gasteiger partial charge is 0.422 e. The van der Waals surface area contributed by atoms with Gasteiger partial charge >= 0.3 is 6.18 Å². The first-order valence-electron chi connectivity index (χ1n) is 9.15. The summed E-state index contributed by atoms with van der Waals surface area (Å²) in [6, 6.07) is 2.67. The molecule has 1 aromatic heterocycles. The predicted molar refractivity (Wildman–Crippen MR) is 96.7 cm³/mol. The number of ether oxygens (including phenoxy) is 1. The number of aromatic nitrogens is 1. The highest BCUT2D eigenvalue weighted by Crippen LogP contribution is 2.27. The van der Waals surface area contributed by atoms with E-state index in [1.54, 1.807) is 0 Å². The van der Waals surface area contributed by atoms with Crippen molar-refractivity contribution in [3.8, 4) is 5.88 Å². The van der Waals surface area contributed by atoms with Crippen molar-refractivity contribution in [2.45, 2.75) is 45.8 Å². The molecule has 1 saturated heterocycles. The predicted octanol–water partition coefficient (Wildman–Crippen LogP) is 3.51. The van der Waals surface area contributed by atoms with E-state index in [4.69, 9.17) is 0 Å². The number of rotatable bonds is 6. The minimum absolute atomic E-state index is 0.166. The lowest BCUT2D eigenvalue weighted by atomic mass is 9.88. The van der Waals surface area contributed by atoms with E-state index in [1.165, 1.54) is 24.8 Å². The Labute approximate surface area is 158 Å². The van der Waals surface area contributed by atoms with E-state index in [9.17, 15) is 18.0 Å². The standard InChI is InChI=1S/C19H28F3N3O2/c1-13-7-14(2)10-25(9-13)18(3,4)11-24-17(26)15-5-6-16(23-8-15)27-12-19(20,21)22/h5-6,8,13-14H,7,9-12H2,1-4H3,(H,24,26). The summed E-state index contributed by atoms with van der Waals surface area (Å²) in [5, 5.41) is 2.90. The van der Waals surface area contributed by atoms with Crippen LogP contribution in [0.4, 0.5) is 13.2 Å². The van der Waals surface area contributed by atoms with Gasteiger partial charge in [-0.3, -0.25) is 9.69 Å². The Kier molecular flexibility index (Phi) is 6.72. The van der Waals surface area contributed by atoms with E-state index < -0.39 is 12.8 Å². The molecule has 2 heterocycles. The number of carbonyl (C=O) groups is 1. The van der Waals surface area contributed by atoms with Crippen LogP contribution in [0.5, 0.6) is 5.88 Å². The van der Waals surface area contributed by atoms with Crippen molar-refractivity contribution in [1.82, 2.24) is 15.2 Å². The third-order valence-electron chi connectivity index (χ3n) is 4.79. The molecule has 152 valence electrons. The molecule has 1 fully saturated rings. The van der Waals surface area contributed by atoms with Gasteiger partial charge in [-0.25, -0.2) is 4.98 Å². The van der Waals surface area contributed by atoms with Crippen LogP contribution in [-0.4, -0.2) is 53.7 Å². The van der Waals surface area contributed by atoms with Gasteiger partial charge in [0.15, 0.2) is 6.61 Å². The zero-order chi connectivity index (χ0) is 20.2. The number of piperidine rings is 1. The quantitative estimate of drug-likeness (QED) is 0.812. The molecule has 1 aliphatic heterocycles. The minimum Gasteiger partial charge on any atom is -0.468 e. The van der Waals surface area contributed by atoms with Gasteiger partial charge in [0.2, 0.25) is 5.88 Å². The Morgan fingerprint density at radius 1 is 1.26 bits per heavy atom. The molecule has 27 heavy (non-hydrogen) atoms. The first-order valence-corrected chi connectivity index (χ1v) is 9.15. The summed E-state index contributed by atoms with van der Waals surface area (Å²) >= 11 is 0. The lowest BCUT2D eigenvalue weighted by Gasteiger charge is -2.45. The molecule has 2 atom stereocenters. The second-order valence-electron chi connectivity index (χ2n) is 8.14. The zero-order valence-corrected chi connectivity index (χ0v) is 16.3. The summed E-state index contributed by atoms with van der Waals surface area (Å²) in [6.45, 7) is 9.75. The van der Waals surface area contributed by atoms with E-state index in [2.05, 4.69) is 47.6 Å². The van der Waals surface area contributed by atoms with Crippen LogP contribution >= 0.6 is 0 Å². The number of amides is 1. The topological polar surface area (TPSA) is 54.5 Å². The van der Waals surface area contributed by atoms with Crippen molar-refractivity contribution in [1.29, 1.82) is 0 Å². The van der Waals surface area contributed by atoms with Crippen LogP contribution in [0.1, 0.15) is 44.5 Å². The molecule has 1 aromatic rings. The average molecular weight is 387 g/mol. The lowest BCUT2D eigenvalue weighted by molar-refractivity contribution is -0.154. The number of likely N-dealkylation sites (tertiary alicyclic amines) is 1. The molecule has 0 aromatic carbocycles. The minimum atomic E-state index is -4.42. The second-order valence-corrected chi connectivity index (χ2v) is 8.14. The van der Waals surface area contributed by atoms with Crippen LogP contribution in [0.25, 0.3) is 0 Å². The van der Waals surface area contributed by atoms with Crippen molar-refractivity contribution in [2.75, 3.05) is 26.2 Å². The number of halogens is 3. The van der Waals surface area contributed by atoms with Crippen molar-refractivity contribution >= 4 is 5.91 Å². The number of pyridine rings is 1. The molecule has 0 aliphatic carbocycles. The molecule has 5 nitrogen and oxygen atoms in total. The highest BCUT2D eigenvalue weighted by Gasteiger charge is 2.33.